The second kappa shape index (κ2) is 12.6. The Bertz CT molecular complexity index is 1020. The van der Waals surface area contributed by atoms with Crippen LogP contribution in [0.4, 0.5) is 0 Å². The van der Waals surface area contributed by atoms with Crippen molar-refractivity contribution in [2.75, 3.05) is 13.2 Å². The molecule has 5 heteroatoms. The molecule has 2 aliphatic rings. The van der Waals surface area contributed by atoms with Gasteiger partial charge in [-0.05, 0) is 29.5 Å². The minimum absolute atomic E-state index is 0.175. The average Bonchev–Trinajstić information content (AvgIpc) is 2.93. The van der Waals surface area contributed by atoms with Gasteiger partial charge in [-0.15, -0.1) is 0 Å². The monoisotopic (exact) mass is 488 g/mol. The van der Waals surface area contributed by atoms with E-state index in [9.17, 15) is 0 Å². The fourth-order valence-electron chi connectivity index (χ4n) is 5.04. The van der Waals surface area contributed by atoms with Crippen molar-refractivity contribution in [3.05, 3.63) is 108 Å². The second-order valence-corrected chi connectivity index (χ2v) is 9.67. The SMILES string of the molecule is c1ccc(COC[C@H]2O[C@@]3(CCCCO3)C[C@@H](OCc3ccccc3)[C@@H]2OCc2ccccc2)cc1. The molecular formula is C31H36O5. The van der Waals surface area contributed by atoms with Gasteiger partial charge >= 0.3 is 0 Å². The summed E-state index contributed by atoms with van der Waals surface area (Å²) in [6, 6.07) is 30.7. The van der Waals surface area contributed by atoms with E-state index in [0.717, 1.165) is 36.0 Å². The fourth-order valence-corrected chi connectivity index (χ4v) is 5.04. The van der Waals surface area contributed by atoms with Crippen molar-refractivity contribution in [1.29, 1.82) is 0 Å². The van der Waals surface area contributed by atoms with Crippen molar-refractivity contribution >= 4 is 0 Å². The predicted octanol–water partition coefficient (Wildman–Crippen LogP) is 6.06. The minimum Gasteiger partial charge on any atom is -0.374 e. The maximum atomic E-state index is 6.68. The van der Waals surface area contributed by atoms with Gasteiger partial charge in [0.15, 0.2) is 5.79 Å². The first kappa shape index (κ1) is 25.1. The molecule has 190 valence electrons. The van der Waals surface area contributed by atoms with Crippen LogP contribution >= 0.6 is 0 Å². The molecule has 36 heavy (non-hydrogen) atoms. The van der Waals surface area contributed by atoms with E-state index < -0.39 is 5.79 Å². The summed E-state index contributed by atoms with van der Waals surface area (Å²) in [6.07, 6.45) is 2.90. The molecule has 2 saturated heterocycles. The third-order valence-electron chi connectivity index (χ3n) is 6.91. The molecule has 3 aromatic carbocycles. The summed E-state index contributed by atoms with van der Waals surface area (Å²) in [7, 11) is 0. The van der Waals surface area contributed by atoms with E-state index in [1.54, 1.807) is 0 Å². The maximum Gasteiger partial charge on any atom is 0.171 e. The van der Waals surface area contributed by atoms with Gasteiger partial charge < -0.3 is 23.7 Å². The molecule has 0 radical (unpaired) electrons. The van der Waals surface area contributed by atoms with Crippen LogP contribution in [0.5, 0.6) is 0 Å². The van der Waals surface area contributed by atoms with Crippen LogP contribution in [-0.4, -0.2) is 37.3 Å². The van der Waals surface area contributed by atoms with Gasteiger partial charge in [-0.2, -0.15) is 0 Å². The number of rotatable bonds is 10. The van der Waals surface area contributed by atoms with Crippen molar-refractivity contribution in [2.45, 2.75) is 69.6 Å². The lowest BCUT2D eigenvalue weighted by Crippen LogP contribution is -2.59. The van der Waals surface area contributed by atoms with Crippen LogP contribution in [0.3, 0.4) is 0 Å². The molecule has 0 saturated carbocycles. The Kier molecular flexibility index (Phi) is 8.81. The molecule has 4 atom stereocenters. The van der Waals surface area contributed by atoms with Gasteiger partial charge in [-0.3, -0.25) is 0 Å². The first-order valence-electron chi connectivity index (χ1n) is 13.0. The highest BCUT2D eigenvalue weighted by atomic mass is 16.7. The lowest BCUT2D eigenvalue weighted by atomic mass is 9.90. The summed E-state index contributed by atoms with van der Waals surface area (Å²) >= 11 is 0. The van der Waals surface area contributed by atoms with E-state index in [4.69, 9.17) is 23.7 Å². The van der Waals surface area contributed by atoms with Crippen molar-refractivity contribution in [3.63, 3.8) is 0 Å². The Morgan fingerprint density at radius 2 is 1.28 bits per heavy atom. The van der Waals surface area contributed by atoms with Gasteiger partial charge in [0.1, 0.15) is 12.2 Å². The summed E-state index contributed by atoms with van der Waals surface area (Å²) in [4.78, 5) is 0. The van der Waals surface area contributed by atoms with E-state index in [-0.39, 0.29) is 18.3 Å². The topological polar surface area (TPSA) is 46.2 Å². The van der Waals surface area contributed by atoms with Crippen LogP contribution in [0.15, 0.2) is 91.0 Å². The van der Waals surface area contributed by atoms with E-state index in [0.29, 0.717) is 39.5 Å². The standard InChI is InChI=1S/C31H36O5/c1-4-12-25(13-5-1)21-32-24-29-30(34-23-27-16-8-3-9-17-27)28(33-22-26-14-6-2-7-15-26)20-31(36-29)18-10-11-19-35-31/h1-9,12-17,28-30H,10-11,18-24H2/t28-,29-,30+,31+/m1/s1. The predicted molar refractivity (Wildman–Crippen MR) is 138 cm³/mol. The van der Waals surface area contributed by atoms with Gasteiger partial charge in [0.25, 0.3) is 0 Å². The Hall–Kier alpha value is -2.54. The van der Waals surface area contributed by atoms with Gasteiger partial charge in [-0.25, -0.2) is 0 Å². The van der Waals surface area contributed by atoms with Crippen molar-refractivity contribution in [1.82, 2.24) is 0 Å². The summed E-state index contributed by atoms with van der Waals surface area (Å²) in [5.41, 5.74) is 3.40. The molecule has 0 N–H and O–H groups in total. The zero-order valence-electron chi connectivity index (χ0n) is 20.8. The maximum absolute atomic E-state index is 6.68. The Morgan fingerprint density at radius 1 is 0.694 bits per heavy atom. The molecular weight excluding hydrogens is 452 g/mol. The molecule has 2 fully saturated rings. The molecule has 0 amide bonds. The van der Waals surface area contributed by atoms with Crippen molar-refractivity contribution < 1.29 is 23.7 Å². The molecule has 1 spiro atoms. The molecule has 0 bridgehead atoms. The largest absolute Gasteiger partial charge is 0.374 e. The minimum atomic E-state index is -0.646. The van der Waals surface area contributed by atoms with Gasteiger partial charge in [0.2, 0.25) is 0 Å². The first-order chi connectivity index (χ1) is 17.8. The van der Waals surface area contributed by atoms with E-state index in [2.05, 4.69) is 36.4 Å². The Balaban J connectivity index is 1.33. The summed E-state index contributed by atoms with van der Waals surface area (Å²) < 4.78 is 32.2. The fraction of sp³-hybridized carbons (Fsp3) is 0.419. The van der Waals surface area contributed by atoms with Crippen LogP contribution in [0.25, 0.3) is 0 Å². The zero-order valence-corrected chi connectivity index (χ0v) is 20.8. The molecule has 0 aliphatic carbocycles. The highest BCUT2D eigenvalue weighted by Crippen LogP contribution is 2.40. The van der Waals surface area contributed by atoms with Crippen LogP contribution in [0.2, 0.25) is 0 Å². The molecule has 2 heterocycles. The number of hydrogen-bond acceptors (Lipinski definition) is 5. The lowest BCUT2D eigenvalue weighted by Gasteiger charge is -2.49. The molecule has 2 aliphatic heterocycles. The van der Waals surface area contributed by atoms with E-state index >= 15 is 0 Å². The quantitative estimate of drug-likeness (QED) is 0.347. The lowest BCUT2D eigenvalue weighted by molar-refractivity contribution is -0.345. The molecule has 0 aromatic heterocycles. The third-order valence-corrected chi connectivity index (χ3v) is 6.91. The summed E-state index contributed by atoms with van der Waals surface area (Å²) in [6.45, 7) is 2.65. The highest BCUT2D eigenvalue weighted by Gasteiger charge is 2.50. The van der Waals surface area contributed by atoms with Gasteiger partial charge in [0.05, 0.1) is 39.1 Å². The summed E-state index contributed by atoms with van der Waals surface area (Å²) in [5, 5.41) is 0. The Labute approximate surface area is 214 Å². The van der Waals surface area contributed by atoms with E-state index in [1.165, 1.54) is 0 Å². The number of hydrogen-bond donors (Lipinski definition) is 0. The van der Waals surface area contributed by atoms with Crippen molar-refractivity contribution in [2.24, 2.45) is 0 Å². The number of ether oxygens (including phenoxy) is 5. The third kappa shape index (κ3) is 6.81. The first-order valence-corrected chi connectivity index (χ1v) is 13.0. The van der Waals surface area contributed by atoms with Crippen LogP contribution in [0, 0.1) is 0 Å². The van der Waals surface area contributed by atoms with E-state index in [1.807, 2.05) is 54.6 Å². The number of benzene rings is 3. The highest BCUT2D eigenvalue weighted by molar-refractivity contribution is 5.15. The normalized spacial score (nSPS) is 26.2. The van der Waals surface area contributed by atoms with Crippen LogP contribution in [-0.2, 0) is 43.5 Å². The van der Waals surface area contributed by atoms with Crippen molar-refractivity contribution in [3.8, 4) is 0 Å². The smallest absolute Gasteiger partial charge is 0.171 e. The van der Waals surface area contributed by atoms with Crippen LogP contribution < -0.4 is 0 Å². The Morgan fingerprint density at radius 3 is 1.86 bits per heavy atom. The summed E-state index contributed by atoms with van der Waals surface area (Å²) in [5.74, 6) is -0.646. The van der Waals surface area contributed by atoms with Gasteiger partial charge in [0, 0.05) is 12.8 Å². The molecule has 0 unspecified atom stereocenters. The molecule has 5 rings (SSSR count). The molecule has 5 nitrogen and oxygen atoms in total. The average molecular weight is 489 g/mol. The van der Waals surface area contributed by atoms with Gasteiger partial charge in [-0.1, -0.05) is 91.0 Å². The molecule has 3 aromatic rings. The second-order valence-electron chi connectivity index (χ2n) is 9.67. The zero-order chi connectivity index (χ0) is 24.5. The van der Waals surface area contributed by atoms with Crippen LogP contribution in [0.1, 0.15) is 42.4 Å².